The molecule has 2 heterocycles. The summed E-state index contributed by atoms with van der Waals surface area (Å²) in [6.07, 6.45) is 4.01. The third-order valence-corrected chi connectivity index (χ3v) is 8.95. The van der Waals surface area contributed by atoms with Crippen molar-refractivity contribution >= 4 is 48.9 Å². The Kier molecular flexibility index (Phi) is 6.10. The molecule has 2 N–H and O–H groups in total. The van der Waals surface area contributed by atoms with E-state index >= 15 is 0 Å². The highest BCUT2D eigenvalue weighted by atomic mass is 32.2. The molecular formula is C24H25FN4O6S2. The van der Waals surface area contributed by atoms with Gasteiger partial charge in [0, 0.05) is 18.7 Å². The fourth-order valence-electron chi connectivity index (χ4n) is 5.40. The van der Waals surface area contributed by atoms with E-state index in [0.717, 1.165) is 25.2 Å². The first-order valence-corrected chi connectivity index (χ1v) is 15.0. The lowest BCUT2D eigenvalue weighted by molar-refractivity contribution is -0.152. The molecule has 1 atom stereocenters. The highest BCUT2D eigenvalue weighted by Crippen LogP contribution is 2.44. The maximum Gasteiger partial charge on any atom is 0.286 e. The molecule has 3 aliphatic rings. The van der Waals surface area contributed by atoms with Gasteiger partial charge in [0.2, 0.25) is 15.9 Å². The van der Waals surface area contributed by atoms with Crippen LogP contribution in [0.15, 0.2) is 51.8 Å². The Bertz CT molecular complexity index is 1530. The maximum absolute atomic E-state index is 13.8. The number of ketones is 1. The number of carbonyl (C=O) groups is 2. The van der Waals surface area contributed by atoms with Crippen molar-refractivity contribution in [2.75, 3.05) is 16.3 Å². The van der Waals surface area contributed by atoms with E-state index < -0.39 is 49.0 Å². The van der Waals surface area contributed by atoms with Gasteiger partial charge in [0.25, 0.3) is 10.0 Å². The molecule has 5 rings (SSSR count). The first-order valence-electron chi connectivity index (χ1n) is 11.7. The highest BCUT2D eigenvalue weighted by Gasteiger charge is 2.53. The summed E-state index contributed by atoms with van der Waals surface area (Å²) in [6, 6.07) is 9.60. The summed E-state index contributed by atoms with van der Waals surface area (Å²) in [4.78, 5) is 28.5. The van der Waals surface area contributed by atoms with E-state index in [1.165, 1.54) is 24.3 Å². The number of nitrogens with zero attached hydrogens (tertiary/aromatic N) is 2. The summed E-state index contributed by atoms with van der Waals surface area (Å²) in [6.45, 7) is 0.153. The number of piperidine rings is 1. The lowest BCUT2D eigenvalue weighted by Crippen LogP contribution is -2.61. The molecule has 0 radical (unpaired) electrons. The standard InChI is InChI=1S/C24H25FN4O6S2/c1-36(32,33)27-17-8-9-18-20(12-17)37(34,35)28-22(26-18)21-19(30)13-24(10-2-3-11-24)29(23(21)31)14-15-4-6-16(25)7-5-15/h4-9,12,21,27H,2-3,10-11,13-14H2,1H3,(H,26,28). The van der Waals surface area contributed by atoms with Gasteiger partial charge in [-0.2, -0.15) is 8.42 Å². The second kappa shape index (κ2) is 8.91. The monoisotopic (exact) mass is 548 g/mol. The zero-order chi connectivity index (χ0) is 26.6. The minimum atomic E-state index is -4.35. The van der Waals surface area contributed by atoms with Crippen LogP contribution in [0.3, 0.4) is 0 Å². The molecule has 2 fully saturated rings. The van der Waals surface area contributed by atoms with Gasteiger partial charge in [-0.3, -0.25) is 14.3 Å². The number of likely N-dealkylation sites (tertiary alicyclic amines) is 1. The average molecular weight is 549 g/mol. The van der Waals surface area contributed by atoms with Crippen molar-refractivity contribution in [1.29, 1.82) is 0 Å². The molecule has 1 amide bonds. The van der Waals surface area contributed by atoms with E-state index in [2.05, 4.69) is 14.4 Å². The van der Waals surface area contributed by atoms with E-state index in [9.17, 15) is 30.8 Å². The Morgan fingerprint density at radius 3 is 2.46 bits per heavy atom. The van der Waals surface area contributed by atoms with Crippen molar-refractivity contribution in [3.8, 4) is 0 Å². The van der Waals surface area contributed by atoms with Gasteiger partial charge in [-0.15, -0.1) is 4.40 Å². The van der Waals surface area contributed by atoms with Gasteiger partial charge in [-0.1, -0.05) is 25.0 Å². The molecule has 0 aromatic heterocycles. The molecule has 1 unspecified atom stereocenters. The van der Waals surface area contributed by atoms with Crippen LogP contribution in [0.2, 0.25) is 0 Å². The van der Waals surface area contributed by atoms with Crippen molar-refractivity contribution in [3.63, 3.8) is 0 Å². The minimum Gasteiger partial charge on any atom is -0.341 e. The Balaban J connectivity index is 1.50. The zero-order valence-corrected chi connectivity index (χ0v) is 21.5. The average Bonchev–Trinajstić information content (AvgIpc) is 3.25. The molecule has 1 spiro atoms. The summed E-state index contributed by atoms with van der Waals surface area (Å²) in [5.41, 5.74) is 0.133. The van der Waals surface area contributed by atoms with Gasteiger partial charge in [-0.25, -0.2) is 12.8 Å². The normalized spacial score (nSPS) is 22.4. The Morgan fingerprint density at radius 1 is 1.14 bits per heavy atom. The molecule has 1 aliphatic carbocycles. The number of hydrogen-bond acceptors (Lipinski definition) is 7. The van der Waals surface area contributed by atoms with Crippen LogP contribution in [-0.2, 0) is 36.2 Å². The zero-order valence-electron chi connectivity index (χ0n) is 19.9. The molecule has 196 valence electrons. The number of benzene rings is 2. The second-order valence-electron chi connectivity index (χ2n) is 9.72. The van der Waals surface area contributed by atoms with Crippen LogP contribution >= 0.6 is 0 Å². The van der Waals surface area contributed by atoms with Crippen LogP contribution < -0.4 is 10.0 Å². The molecule has 10 nitrogen and oxygen atoms in total. The van der Waals surface area contributed by atoms with Crippen LogP contribution in [0, 0.1) is 11.7 Å². The number of anilines is 2. The number of carbonyl (C=O) groups excluding carboxylic acids is 2. The number of fused-ring (bicyclic) bond motifs is 1. The van der Waals surface area contributed by atoms with Crippen molar-refractivity contribution in [1.82, 2.24) is 4.90 Å². The van der Waals surface area contributed by atoms with Gasteiger partial charge in [-0.05, 0) is 48.7 Å². The fraction of sp³-hybridized carbons (Fsp3) is 0.375. The lowest BCUT2D eigenvalue weighted by Gasteiger charge is -2.47. The Hall–Kier alpha value is -3.32. The van der Waals surface area contributed by atoms with Crippen LogP contribution in [0.25, 0.3) is 0 Å². The van der Waals surface area contributed by atoms with E-state index in [1.54, 1.807) is 17.0 Å². The smallest absolute Gasteiger partial charge is 0.286 e. The van der Waals surface area contributed by atoms with Gasteiger partial charge >= 0.3 is 0 Å². The van der Waals surface area contributed by atoms with Crippen LogP contribution in [-0.4, -0.2) is 51.1 Å². The number of rotatable bonds is 5. The summed E-state index contributed by atoms with van der Waals surface area (Å²) < 4.78 is 68.6. The SMILES string of the molecule is CS(=O)(=O)Nc1ccc2c(c1)S(=O)(=O)N=C(C1C(=O)CC3(CCCC3)N(Cc3ccc(F)cc3)C1=O)N2. The summed E-state index contributed by atoms with van der Waals surface area (Å²) in [5.74, 6) is -3.10. The third kappa shape index (κ3) is 4.85. The predicted molar refractivity (Wildman–Crippen MR) is 134 cm³/mol. The van der Waals surface area contributed by atoms with Crippen molar-refractivity contribution < 1.29 is 30.8 Å². The Labute approximate surface area is 214 Å². The summed E-state index contributed by atoms with van der Waals surface area (Å²) in [7, 11) is -7.99. The maximum atomic E-state index is 13.8. The molecule has 0 bridgehead atoms. The van der Waals surface area contributed by atoms with Gasteiger partial charge < -0.3 is 10.2 Å². The van der Waals surface area contributed by atoms with Crippen molar-refractivity contribution in [2.24, 2.45) is 10.3 Å². The quantitative estimate of drug-likeness (QED) is 0.547. The van der Waals surface area contributed by atoms with Gasteiger partial charge in [0.1, 0.15) is 16.5 Å². The topological polar surface area (TPSA) is 142 Å². The third-order valence-electron chi connectivity index (χ3n) is 7.02. The number of hydrogen-bond donors (Lipinski definition) is 2. The van der Waals surface area contributed by atoms with E-state index in [4.69, 9.17) is 0 Å². The number of amidine groups is 1. The Morgan fingerprint density at radius 2 is 1.81 bits per heavy atom. The molecule has 13 heteroatoms. The van der Waals surface area contributed by atoms with E-state index in [0.29, 0.717) is 18.4 Å². The van der Waals surface area contributed by atoms with Crippen molar-refractivity contribution in [3.05, 3.63) is 53.8 Å². The van der Waals surface area contributed by atoms with Gasteiger partial charge in [0.15, 0.2) is 11.7 Å². The number of halogens is 1. The molecule has 37 heavy (non-hydrogen) atoms. The van der Waals surface area contributed by atoms with Crippen LogP contribution in [0.4, 0.5) is 15.8 Å². The molecule has 1 saturated heterocycles. The predicted octanol–water partition coefficient (Wildman–Crippen LogP) is 2.64. The number of Topliss-reactive ketones (excluding diaryl/α,β-unsaturated/α-hetero) is 1. The number of sulfonamides is 2. The van der Waals surface area contributed by atoms with Crippen molar-refractivity contribution in [2.45, 2.75) is 49.1 Å². The second-order valence-corrected chi connectivity index (χ2v) is 13.0. The summed E-state index contributed by atoms with van der Waals surface area (Å²) in [5, 5.41) is 2.82. The number of amides is 1. The van der Waals surface area contributed by atoms with E-state index in [1.807, 2.05) is 0 Å². The summed E-state index contributed by atoms with van der Waals surface area (Å²) >= 11 is 0. The molecule has 2 aliphatic heterocycles. The minimum absolute atomic E-state index is 0.0312. The largest absolute Gasteiger partial charge is 0.341 e. The molecule has 2 aromatic carbocycles. The van der Waals surface area contributed by atoms with Gasteiger partial charge in [0.05, 0.1) is 17.5 Å². The van der Waals surface area contributed by atoms with Crippen LogP contribution in [0.1, 0.15) is 37.7 Å². The number of nitrogens with one attached hydrogen (secondary N) is 2. The molecule has 2 aromatic rings. The highest BCUT2D eigenvalue weighted by molar-refractivity contribution is 7.92. The molecular weight excluding hydrogens is 523 g/mol. The first-order chi connectivity index (χ1) is 17.4. The van der Waals surface area contributed by atoms with E-state index in [-0.39, 0.29) is 35.1 Å². The lowest BCUT2D eigenvalue weighted by atomic mass is 9.78. The van der Waals surface area contributed by atoms with Crippen LogP contribution in [0.5, 0.6) is 0 Å². The fourth-order valence-corrected chi connectivity index (χ4v) is 7.13. The first kappa shape index (κ1) is 25.3. The molecule has 1 saturated carbocycles.